The van der Waals surface area contributed by atoms with Crippen molar-refractivity contribution < 1.29 is 18.3 Å². The molecule has 0 aliphatic carbocycles. The van der Waals surface area contributed by atoms with Gasteiger partial charge in [0.2, 0.25) is 10.0 Å². The molecule has 0 saturated carbocycles. The van der Waals surface area contributed by atoms with Crippen LogP contribution in [0.5, 0.6) is 0 Å². The molecule has 0 fully saturated rings. The van der Waals surface area contributed by atoms with Crippen molar-refractivity contribution in [1.29, 1.82) is 0 Å². The summed E-state index contributed by atoms with van der Waals surface area (Å²) >= 11 is 0. The lowest BCUT2D eigenvalue weighted by Crippen LogP contribution is -2.32. The maximum Gasteiger partial charge on any atom is 0.307 e. The lowest BCUT2D eigenvalue weighted by Gasteiger charge is -2.11. The van der Waals surface area contributed by atoms with Crippen LogP contribution in [0.25, 0.3) is 11.0 Å². The van der Waals surface area contributed by atoms with E-state index in [4.69, 9.17) is 5.11 Å². The summed E-state index contributed by atoms with van der Waals surface area (Å²) in [5, 5.41) is 9.40. The Morgan fingerprint density at radius 2 is 2.30 bits per heavy atom. The van der Waals surface area contributed by atoms with Crippen molar-refractivity contribution in [2.45, 2.75) is 18.2 Å². The molecule has 0 aliphatic heterocycles. The zero-order chi connectivity index (χ0) is 14.8. The Balaban J connectivity index is 2.25. The van der Waals surface area contributed by atoms with Crippen LogP contribution in [0.4, 0.5) is 0 Å². The zero-order valence-corrected chi connectivity index (χ0v) is 11.6. The highest BCUT2D eigenvalue weighted by Gasteiger charge is 2.22. The van der Waals surface area contributed by atoms with Crippen molar-refractivity contribution in [2.24, 2.45) is 5.92 Å². The first-order valence-corrected chi connectivity index (χ1v) is 7.58. The first kappa shape index (κ1) is 14.5. The average molecular weight is 297 g/mol. The molecule has 8 heteroatoms. The van der Waals surface area contributed by atoms with Gasteiger partial charge >= 0.3 is 5.97 Å². The summed E-state index contributed by atoms with van der Waals surface area (Å²) in [5.74, 6) is -1.76. The normalized spacial score (nSPS) is 13.4. The number of sulfonamides is 1. The van der Waals surface area contributed by atoms with Gasteiger partial charge in [0.25, 0.3) is 0 Å². The molecule has 108 valence electrons. The van der Waals surface area contributed by atoms with Gasteiger partial charge in [0, 0.05) is 24.3 Å². The van der Waals surface area contributed by atoms with Crippen LogP contribution >= 0.6 is 0 Å². The van der Waals surface area contributed by atoms with E-state index < -0.39 is 21.9 Å². The van der Waals surface area contributed by atoms with E-state index in [0.29, 0.717) is 17.5 Å². The zero-order valence-electron chi connectivity index (χ0n) is 10.8. The first-order chi connectivity index (χ1) is 9.45. The van der Waals surface area contributed by atoms with Gasteiger partial charge in [-0.1, -0.05) is 6.92 Å². The number of hydrogen-bond donors (Lipinski definition) is 3. The summed E-state index contributed by atoms with van der Waals surface area (Å²) in [7, 11) is -3.77. The van der Waals surface area contributed by atoms with E-state index in [-0.39, 0.29) is 11.4 Å². The summed E-state index contributed by atoms with van der Waals surface area (Å²) in [6.45, 7) is 1.56. The van der Waals surface area contributed by atoms with Gasteiger partial charge in [-0.2, -0.15) is 0 Å². The van der Waals surface area contributed by atoms with Crippen LogP contribution in [0.3, 0.4) is 0 Å². The van der Waals surface area contributed by atoms with E-state index >= 15 is 0 Å². The smallest absolute Gasteiger partial charge is 0.307 e. The Kier molecular flexibility index (Phi) is 4.05. The number of aromatic nitrogens is 2. The molecule has 0 spiro atoms. The second kappa shape index (κ2) is 5.59. The number of rotatable bonds is 6. The standard InChI is InChI=1S/C12H15N3O4S/c1-2-8(12(16)17)6-15-20(18,19)10-7-14-11-9(10)4-3-5-13-11/h3-5,7-8,15H,2,6H2,1H3,(H,13,14)(H,16,17). The van der Waals surface area contributed by atoms with Crippen molar-refractivity contribution in [1.82, 2.24) is 14.7 Å². The van der Waals surface area contributed by atoms with Crippen LogP contribution in [0.1, 0.15) is 13.3 Å². The average Bonchev–Trinajstić information content (AvgIpc) is 2.83. The Morgan fingerprint density at radius 3 is 2.95 bits per heavy atom. The number of fused-ring (bicyclic) bond motifs is 1. The molecule has 2 rings (SSSR count). The summed E-state index contributed by atoms with van der Waals surface area (Å²) < 4.78 is 26.7. The van der Waals surface area contributed by atoms with Gasteiger partial charge in [0.1, 0.15) is 10.5 Å². The highest BCUT2D eigenvalue weighted by molar-refractivity contribution is 7.89. The third kappa shape index (κ3) is 2.81. The van der Waals surface area contributed by atoms with Gasteiger partial charge in [-0.3, -0.25) is 4.79 Å². The van der Waals surface area contributed by atoms with Gasteiger partial charge in [-0.05, 0) is 18.6 Å². The van der Waals surface area contributed by atoms with Gasteiger partial charge in [-0.15, -0.1) is 0 Å². The van der Waals surface area contributed by atoms with Crippen LogP contribution in [-0.4, -0.2) is 36.0 Å². The number of nitrogens with one attached hydrogen (secondary N) is 2. The Bertz CT molecular complexity index is 723. The second-order valence-corrected chi connectivity index (χ2v) is 6.08. The minimum Gasteiger partial charge on any atom is -0.481 e. The van der Waals surface area contributed by atoms with Crippen molar-refractivity contribution in [3.8, 4) is 0 Å². The maximum absolute atomic E-state index is 12.2. The minimum absolute atomic E-state index is 0.0702. The molecule has 2 aromatic heterocycles. The third-order valence-corrected chi connectivity index (χ3v) is 4.53. The van der Waals surface area contributed by atoms with E-state index in [1.54, 1.807) is 25.3 Å². The number of carboxylic acid groups (broad SMARTS) is 1. The number of aromatic amines is 1. The van der Waals surface area contributed by atoms with E-state index in [9.17, 15) is 13.2 Å². The summed E-state index contributed by atoms with van der Waals surface area (Å²) in [6.07, 6.45) is 3.26. The molecule has 0 saturated heterocycles. The van der Waals surface area contributed by atoms with E-state index in [0.717, 1.165) is 0 Å². The number of nitrogens with zero attached hydrogens (tertiary/aromatic N) is 1. The lowest BCUT2D eigenvalue weighted by atomic mass is 10.1. The Morgan fingerprint density at radius 1 is 1.55 bits per heavy atom. The van der Waals surface area contributed by atoms with Crippen molar-refractivity contribution in [2.75, 3.05) is 6.54 Å². The highest BCUT2D eigenvalue weighted by atomic mass is 32.2. The molecule has 20 heavy (non-hydrogen) atoms. The Hall–Kier alpha value is -1.93. The summed E-state index contributed by atoms with van der Waals surface area (Å²) in [4.78, 5) is 17.8. The second-order valence-electron chi connectivity index (χ2n) is 4.35. The maximum atomic E-state index is 12.2. The molecule has 1 atom stereocenters. The molecule has 3 N–H and O–H groups in total. The van der Waals surface area contributed by atoms with Crippen LogP contribution < -0.4 is 4.72 Å². The van der Waals surface area contributed by atoms with E-state index in [1.165, 1.54) is 6.20 Å². The van der Waals surface area contributed by atoms with Crippen LogP contribution in [0.15, 0.2) is 29.4 Å². The monoisotopic (exact) mass is 297 g/mol. The van der Waals surface area contributed by atoms with Crippen LogP contribution in [0, 0.1) is 5.92 Å². The molecular weight excluding hydrogens is 282 g/mol. The molecule has 2 aromatic rings. The lowest BCUT2D eigenvalue weighted by molar-refractivity contribution is -0.141. The fourth-order valence-electron chi connectivity index (χ4n) is 1.85. The molecule has 0 radical (unpaired) electrons. The van der Waals surface area contributed by atoms with Crippen LogP contribution in [0.2, 0.25) is 0 Å². The number of hydrogen-bond acceptors (Lipinski definition) is 4. The van der Waals surface area contributed by atoms with E-state index in [1.807, 2.05) is 0 Å². The summed E-state index contributed by atoms with van der Waals surface area (Å²) in [6, 6.07) is 3.28. The summed E-state index contributed by atoms with van der Waals surface area (Å²) in [5.41, 5.74) is 0.471. The highest BCUT2D eigenvalue weighted by Crippen LogP contribution is 2.20. The molecule has 0 aromatic carbocycles. The molecule has 7 nitrogen and oxygen atoms in total. The molecule has 0 amide bonds. The van der Waals surface area contributed by atoms with Gasteiger partial charge in [0.15, 0.2) is 0 Å². The van der Waals surface area contributed by atoms with Gasteiger partial charge in [-0.25, -0.2) is 18.1 Å². The van der Waals surface area contributed by atoms with Gasteiger partial charge in [0.05, 0.1) is 5.92 Å². The SMILES string of the molecule is CCC(CNS(=O)(=O)c1c[nH]c2ncccc12)C(=O)O. The largest absolute Gasteiger partial charge is 0.481 e. The Labute approximate surface area is 116 Å². The molecule has 0 aliphatic rings. The van der Waals surface area contributed by atoms with Gasteiger partial charge < -0.3 is 10.1 Å². The van der Waals surface area contributed by atoms with Crippen molar-refractivity contribution in [3.63, 3.8) is 0 Å². The number of carboxylic acids is 1. The van der Waals surface area contributed by atoms with Crippen molar-refractivity contribution >= 4 is 27.0 Å². The molecule has 0 bridgehead atoms. The predicted octanol–water partition coefficient (Wildman–Crippen LogP) is 0.952. The number of carbonyl (C=O) groups is 1. The van der Waals surface area contributed by atoms with Crippen molar-refractivity contribution in [3.05, 3.63) is 24.5 Å². The molecule has 1 unspecified atom stereocenters. The van der Waals surface area contributed by atoms with E-state index in [2.05, 4.69) is 14.7 Å². The van der Waals surface area contributed by atoms with Crippen LogP contribution in [-0.2, 0) is 14.8 Å². The minimum atomic E-state index is -3.77. The topological polar surface area (TPSA) is 112 Å². The number of H-pyrrole nitrogens is 1. The fraction of sp³-hybridized carbons (Fsp3) is 0.333. The number of pyridine rings is 1. The predicted molar refractivity (Wildman–Crippen MR) is 72.7 cm³/mol. The fourth-order valence-corrected chi connectivity index (χ4v) is 3.09. The quantitative estimate of drug-likeness (QED) is 0.735. The third-order valence-electron chi connectivity index (χ3n) is 3.06. The molecule has 2 heterocycles. The first-order valence-electron chi connectivity index (χ1n) is 6.10. The molecular formula is C12H15N3O4S. The number of aliphatic carboxylic acids is 1.